The molecule has 5 rings (SSSR count). The molecule has 0 saturated heterocycles. The van der Waals surface area contributed by atoms with Gasteiger partial charge in [0.2, 0.25) is 0 Å². The summed E-state index contributed by atoms with van der Waals surface area (Å²) in [6, 6.07) is 21.9. The van der Waals surface area contributed by atoms with Gasteiger partial charge >= 0.3 is 37.7 Å². The van der Waals surface area contributed by atoms with Crippen LogP contribution in [0.25, 0.3) is 0 Å². The van der Waals surface area contributed by atoms with Crippen molar-refractivity contribution in [3.05, 3.63) is 127 Å². The van der Waals surface area contributed by atoms with Crippen LogP contribution in [0.3, 0.4) is 0 Å². The number of pyridine rings is 3. The predicted molar refractivity (Wildman–Crippen MR) is 183 cm³/mol. The quantitative estimate of drug-likeness (QED) is 0.200. The largest absolute Gasteiger partial charge is 2.00 e. The molecule has 45 heavy (non-hydrogen) atoms. The van der Waals surface area contributed by atoms with E-state index in [-0.39, 0.29) is 59.4 Å². The summed E-state index contributed by atoms with van der Waals surface area (Å²) < 4.78 is 0. The minimum atomic E-state index is 0. The molecule has 4 N–H and O–H groups in total. The number of aromatic nitrogens is 7. The Morgan fingerprint density at radius 1 is 0.467 bits per heavy atom. The average molecular weight is 640 g/mol. The van der Waals surface area contributed by atoms with E-state index in [9.17, 15) is 0 Å². The van der Waals surface area contributed by atoms with Crippen LogP contribution in [-0.4, -0.2) is 42.8 Å². The van der Waals surface area contributed by atoms with E-state index >= 15 is 0 Å². The van der Waals surface area contributed by atoms with E-state index in [1.807, 2.05) is 91.8 Å². The third kappa shape index (κ3) is 19.3. The zero-order chi connectivity index (χ0) is 33.3. The fraction of sp³-hybridized carbons (Fsp3) is 0.432. The topological polar surface area (TPSA) is 97.7 Å². The molecular weight excluding hydrogens is 583 g/mol. The Hall–Kier alpha value is -2.87. The van der Waals surface area contributed by atoms with Crippen molar-refractivity contribution in [1.82, 2.24) is 15.3 Å². The molecule has 0 unspecified atom stereocenters. The molecule has 0 atom stereocenters. The third-order valence-electron chi connectivity index (χ3n) is 6.05. The van der Waals surface area contributed by atoms with E-state index < -0.39 is 0 Å². The Labute approximate surface area is 302 Å². The van der Waals surface area contributed by atoms with Crippen molar-refractivity contribution in [3.8, 4) is 0 Å². The van der Waals surface area contributed by atoms with Crippen molar-refractivity contribution in [3.63, 3.8) is 0 Å². The molecule has 0 aliphatic carbocycles. The predicted octanol–water partition coefficient (Wildman–Crippen LogP) is 5.81. The van der Waals surface area contributed by atoms with Crippen LogP contribution in [0.5, 0.6) is 0 Å². The molecule has 238 valence electrons. The van der Waals surface area contributed by atoms with Gasteiger partial charge in [0.05, 0.1) is 0 Å². The second-order valence-electron chi connectivity index (χ2n) is 14.5. The third-order valence-corrected chi connectivity index (χ3v) is 6.05. The number of nitrogens with zero attached hydrogens (tertiary/aromatic N) is 3. The maximum Gasteiger partial charge on any atom is 2.00 e. The molecule has 5 aromatic heterocycles. The van der Waals surface area contributed by atoms with E-state index in [0.29, 0.717) is 0 Å². The summed E-state index contributed by atoms with van der Waals surface area (Å²) in [5, 5.41) is 15.8. The summed E-state index contributed by atoms with van der Waals surface area (Å²) in [6.45, 7) is 26.0. The Kier molecular flexibility index (Phi) is 19.0. The van der Waals surface area contributed by atoms with E-state index in [4.69, 9.17) is 0 Å². The number of aromatic amines is 4. The van der Waals surface area contributed by atoms with Crippen molar-refractivity contribution >= 4 is 37.7 Å². The van der Waals surface area contributed by atoms with E-state index in [1.54, 1.807) is 0 Å². The second-order valence-corrected chi connectivity index (χ2v) is 14.5. The smallest absolute Gasteiger partial charge is 0.578 e. The fourth-order valence-corrected chi connectivity index (χ4v) is 3.14. The molecule has 0 aliphatic rings. The molecule has 8 heteroatoms. The molecule has 0 aliphatic heterocycles. The van der Waals surface area contributed by atoms with Gasteiger partial charge in [0.15, 0.2) is 42.9 Å². The van der Waals surface area contributed by atoms with Crippen LogP contribution in [0.1, 0.15) is 106 Å². The molecule has 0 spiro atoms. The Morgan fingerprint density at radius 2 is 0.844 bits per heavy atom. The standard InChI is InChI=1S/C11H20N2.C11H19N2.3C5H5N.Ca/c2*1-10(2,3)8-7-9(13-12-8)11(4,5)6;3*1-2-4-6-5-3-1;/h7,12H,1-6H3;7H,1-6H3;3*1-5H;/q;-1;;;;+2/p+3. The zero-order valence-electron chi connectivity index (χ0n) is 29.9. The van der Waals surface area contributed by atoms with E-state index in [0.717, 1.165) is 17.1 Å². The van der Waals surface area contributed by atoms with Gasteiger partial charge < -0.3 is 15.3 Å². The molecule has 7 nitrogen and oxygen atoms in total. The van der Waals surface area contributed by atoms with Crippen LogP contribution in [0.15, 0.2) is 104 Å². The molecule has 0 aromatic carbocycles. The summed E-state index contributed by atoms with van der Waals surface area (Å²) in [5.74, 6) is 0. The first-order valence-electron chi connectivity index (χ1n) is 15.2. The summed E-state index contributed by atoms with van der Waals surface area (Å²) in [7, 11) is 0. The first-order valence-corrected chi connectivity index (χ1v) is 15.2. The first kappa shape index (κ1) is 42.1. The Bertz CT molecular complexity index is 1100. The maximum absolute atomic E-state index is 4.33. The van der Waals surface area contributed by atoms with Gasteiger partial charge in [0.25, 0.3) is 0 Å². The summed E-state index contributed by atoms with van der Waals surface area (Å²) >= 11 is 0. The van der Waals surface area contributed by atoms with Gasteiger partial charge in [-0.2, -0.15) is 0 Å². The van der Waals surface area contributed by atoms with Crippen molar-refractivity contribution in [2.45, 2.75) is 105 Å². The fourth-order valence-electron chi connectivity index (χ4n) is 3.14. The second kappa shape index (κ2) is 20.3. The molecule has 0 amide bonds. The Morgan fingerprint density at radius 3 is 1.00 bits per heavy atom. The van der Waals surface area contributed by atoms with Crippen LogP contribution < -0.4 is 30.2 Å². The van der Waals surface area contributed by atoms with Gasteiger partial charge in [-0.05, 0) is 16.9 Å². The Balaban J connectivity index is 0.000000561. The SMILES string of the molecule is CC(C)(C)c1cc(C(C)(C)C)[n-]n1.CC(C)(C)c1cc(C(C)(C)C)[nH+][n-]1.[Ca+2].c1cc[nH+]cc1.c1cc[nH+]cc1.c1cc[nH+]cc1. The van der Waals surface area contributed by atoms with Gasteiger partial charge in [-0.15, -0.1) is 5.69 Å². The van der Waals surface area contributed by atoms with Crippen LogP contribution >= 0.6 is 0 Å². The molecule has 5 heterocycles. The number of H-pyrrole nitrogens is 4. The van der Waals surface area contributed by atoms with Crippen LogP contribution in [0.2, 0.25) is 0 Å². The number of rotatable bonds is 0. The number of hydrogen-bond acceptors (Lipinski definition) is 1. The molecule has 5 aromatic rings. The molecule has 0 bridgehead atoms. The zero-order valence-corrected chi connectivity index (χ0v) is 32.1. The average Bonchev–Trinajstić information content (AvgIpc) is 3.69. The summed E-state index contributed by atoms with van der Waals surface area (Å²) in [6.07, 6.45) is 11.2. The van der Waals surface area contributed by atoms with E-state index in [2.05, 4.69) is 131 Å². The molecule has 0 radical (unpaired) electrons. The van der Waals surface area contributed by atoms with Gasteiger partial charge in [0, 0.05) is 52.9 Å². The number of hydrogen-bond donors (Lipinski definition) is 0. The molecule has 0 saturated carbocycles. The van der Waals surface area contributed by atoms with Crippen molar-refractivity contribution in [2.24, 2.45) is 0 Å². The molecular formula is C37H57CaN7+4. The maximum atomic E-state index is 4.33. The monoisotopic (exact) mass is 639 g/mol. The number of nitrogens with one attached hydrogen (secondary N) is 4. The van der Waals surface area contributed by atoms with Crippen molar-refractivity contribution in [2.75, 3.05) is 0 Å². The van der Waals surface area contributed by atoms with Crippen molar-refractivity contribution < 1.29 is 20.1 Å². The van der Waals surface area contributed by atoms with Gasteiger partial charge in [0.1, 0.15) is 0 Å². The molecule has 0 fully saturated rings. The minimum Gasteiger partial charge on any atom is -0.578 e. The van der Waals surface area contributed by atoms with Crippen molar-refractivity contribution in [1.29, 1.82) is 0 Å². The van der Waals surface area contributed by atoms with Gasteiger partial charge in [-0.3, -0.25) is 5.10 Å². The van der Waals surface area contributed by atoms with Crippen LogP contribution in [0, 0.1) is 0 Å². The van der Waals surface area contributed by atoms with Gasteiger partial charge in [-0.25, -0.2) is 15.0 Å². The summed E-state index contributed by atoms with van der Waals surface area (Å²) in [4.78, 5) is 8.68. The minimum absolute atomic E-state index is 0. The summed E-state index contributed by atoms with van der Waals surface area (Å²) in [5.41, 5.74) is 5.02. The first-order chi connectivity index (χ1) is 20.4. The van der Waals surface area contributed by atoms with Gasteiger partial charge in [-0.1, -0.05) is 113 Å². The van der Waals surface area contributed by atoms with Crippen LogP contribution in [0.4, 0.5) is 0 Å². The normalized spacial score (nSPS) is 10.9. The van der Waals surface area contributed by atoms with Crippen LogP contribution in [-0.2, 0) is 21.7 Å². The van der Waals surface area contributed by atoms with E-state index in [1.165, 1.54) is 5.69 Å².